The summed E-state index contributed by atoms with van der Waals surface area (Å²) in [6.45, 7) is 10.1. The fraction of sp³-hybridized carbons (Fsp3) is 1.00. The van der Waals surface area contributed by atoms with Gasteiger partial charge in [-0.3, -0.25) is 9.80 Å². The Bertz CT molecular complexity index is 248. The Hall–Kier alpha value is -0.120. The van der Waals surface area contributed by atoms with E-state index in [1.807, 2.05) is 0 Å². The molecule has 98 valence electrons. The van der Waals surface area contributed by atoms with Gasteiger partial charge in [-0.25, -0.2) is 0 Å². The first-order valence-electron chi connectivity index (χ1n) is 7.47. The molecule has 1 aliphatic carbocycles. The average Bonchev–Trinajstić information content (AvgIpc) is 3.14. The number of piperazine rings is 1. The third-order valence-corrected chi connectivity index (χ3v) is 4.75. The first-order chi connectivity index (χ1) is 8.25. The maximum atomic E-state index is 3.73. The number of nitrogens with zero attached hydrogens (tertiary/aromatic N) is 2. The summed E-state index contributed by atoms with van der Waals surface area (Å²) >= 11 is 0. The number of nitrogens with one attached hydrogen (secondary N) is 1. The van der Waals surface area contributed by atoms with Crippen molar-refractivity contribution in [1.29, 1.82) is 0 Å². The maximum absolute atomic E-state index is 3.73. The van der Waals surface area contributed by atoms with Gasteiger partial charge in [0, 0.05) is 44.3 Å². The lowest BCUT2D eigenvalue weighted by Gasteiger charge is -2.42. The maximum Gasteiger partial charge on any atom is 0.0280 e. The highest BCUT2D eigenvalue weighted by Crippen LogP contribution is 2.28. The Kier molecular flexibility index (Phi) is 3.42. The molecule has 0 aromatic heterocycles. The fourth-order valence-electron chi connectivity index (χ4n) is 3.47. The van der Waals surface area contributed by atoms with Gasteiger partial charge in [0.25, 0.3) is 0 Å². The highest BCUT2D eigenvalue weighted by Gasteiger charge is 2.33. The molecule has 3 nitrogen and oxygen atoms in total. The van der Waals surface area contributed by atoms with Crippen LogP contribution in [0.5, 0.6) is 0 Å². The molecule has 2 saturated heterocycles. The molecule has 3 heteroatoms. The molecule has 1 unspecified atom stereocenters. The van der Waals surface area contributed by atoms with Gasteiger partial charge in [-0.1, -0.05) is 6.42 Å². The van der Waals surface area contributed by atoms with Crippen LogP contribution in [0.4, 0.5) is 0 Å². The molecule has 1 N–H and O–H groups in total. The van der Waals surface area contributed by atoms with Crippen LogP contribution in [-0.2, 0) is 0 Å². The van der Waals surface area contributed by atoms with Crippen molar-refractivity contribution in [2.24, 2.45) is 0 Å². The molecule has 2 heterocycles. The third-order valence-electron chi connectivity index (χ3n) is 4.75. The lowest BCUT2D eigenvalue weighted by molar-refractivity contribution is 0.0915. The van der Waals surface area contributed by atoms with Crippen LogP contribution in [0.3, 0.4) is 0 Å². The van der Waals surface area contributed by atoms with Gasteiger partial charge >= 0.3 is 0 Å². The van der Waals surface area contributed by atoms with Gasteiger partial charge in [0.15, 0.2) is 0 Å². The molecule has 0 bridgehead atoms. The SMILES string of the molecule is CC1(CN2CCN(C3CC3)CC2)CCCCN1. The predicted molar refractivity (Wildman–Crippen MR) is 71.3 cm³/mol. The summed E-state index contributed by atoms with van der Waals surface area (Å²) in [6, 6.07) is 0.959. The Balaban J connectivity index is 1.46. The summed E-state index contributed by atoms with van der Waals surface area (Å²) in [6.07, 6.45) is 7.05. The van der Waals surface area contributed by atoms with Crippen molar-refractivity contribution >= 4 is 0 Å². The van der Waals surface area contributed by atoms with Crippen LogP contribution in [0.25, 0.3) is 0 Å². The number of hydrogen-bond acceptors (Lipinski definition) is 3. The standard InChI is InChI=1S/C14H27N3/c1-14(6-2-3-7-15-14)12-16-8-10-17(11-9-16)13-4-5-13/h13,15H,2-12H2,1H3. The normalized spacial score (nSPS) is 37.2. The molecule has 1 saturated carbocycles. The Morgan fingerprint density at radius 3 is 2.47 bits per heavy atom. The minimum Gasteiger partial charge on any atom is -0.310 e. The van der Waals surface area contributed by atoms with Crippen LogP contribution in [-0.4, -0.2) is 60.6 Å². The van der Waals surface area contributed by atoms with E-state index in [4.69, 9.17) is 0 Å². The van der Waals surface area contributed by atoms with Gasteiger partial charge in [0.05, 0.1) is 0 Å². The summed E-state index contributed by atoms with van der Waals surface area (Å²) in [5.74, 6) is 0. The summed E-state index contributed by atoms with van der Waals surface area (Å²) in [4.78, 5) is 5.38. The summed E-state index contributed by atoms with van der Waals surface area (Å²) in [7, 11) is 0. The first-order valence-corrected chi connectivity index (χ1v) is 7.47. The van der Waals surface area contributed by atoms with Gasteiger partial charge in [-0.2, -0.15) is 0 Å². The van der Waals surface area contributed by atoms with Crippen molar-refractivity contribution < 1.29 is 0 Å². The second-order valence-corrected chi connectivity index (χ2v) is 6.49. The van der Waals surface area contributed by atoms with E-state index in [0.717, 1.165) is 6.04 Å². The van der Waals surface area contributed by atoms with Gasteiger partial charge in [0.2, 0.25) is 0 Å². The van der Waals surface area contributed by atoms with E-state index in [0.29, 0.717) is 5.54 Å². The van der Waals surface area contributed by atoms with Gasteiger partial charge in [-0.15, -0.1) is 0 Å². The molecule has 3 aliphatic rings. The van der Waals surface area contributed by atoms with Gasteiger partial charge < -0.3 is 5.32 Å². The van der Waals surface area contributed by atoms with Crippen LogP contribution in [0.15, 0.2) is 0 Å². The zero-order chi connectivity index (χ0) is 11.7. The van der Waals surface area contributed by atoms with E-state index >= 15 is 0 Å². The Morgan fingerprint density at radius 2 is 1.88 bits per heavy atom. The van der Waals surface area contributed by atoms with Crippen LogP contribution >= 0.6 is 0 Å². The topological polar surface area (TPSA) is 18.5 Å². The molecule has 2 aliphatic heterocycles. The molecule has 1 atom stereocenters. The van der Waals surface area contributed by atoms with Crippen molar-refractivity contribution in [1.82, 2.24) is 15.1 Å². The number of hydrogen-bond donors (Lipinski definition) is 1. The molecule has 3 rings (SSSR count). The second kappa shape index (κ2) is 4.87. The predicted octanol–water partition coefficient (Wildman–Crippen LogP) is 1.30. The lowest BCUT2D eigenvalue weighted by Crippen LogP contribution is -2.57. The molecule has 3 fully saturated rings. The van der Waals surface area contributed by atoms with E-state index in [1.54, 1.807) is 0 Å². The van der Waals surface area contributed by atoms with Crippen molar-refractivity contribution in [3.05, 3.63) is 0 Å². The molecule has 0 spiro atoms. The minimum atomic E-state index is 0.389. The highest BCUT2D eigenvalue weighted by atomic mass is 15.3. The van der Waals surface area contributed by atoms with Gasteiger partial charge in [0.1, 0.15) is 0 Å². The molecular weight excluding hydrogens is 210 g/mol. The fourth-order valence-corrected chi connectivity index (χ4v) is 3.47. The van der Waals surface area contributed by atoms with Crippen molar-refractivity contribution in [2.75, 3.05) is 39.3 Å². The molecule has 0 amide bonds. The Labute approximate surface area is 106 Å². The largest absolute Gasteiger partial charge is 0.310 e. The van der Waals surface area contributed by atoms with Gasteiger partial charge in [-0.05, 0) is 39.2 Å². The van der Waals surface area contributed by atoms with Crippen LogP contribution in [0.1, 0.15) is 39.0 Å². The molecule has 17 heavy (non-hydrogen) atoms. The average molecular weight is 237 g/mol. The smallest absolute Gasteiger partial charge is 0.0280 e. The van der Waals surface area contributed by atoms with Crippen molar-refractivity contribution in [3.63, 3.8) is 0 Å². The zero-order valence-corrected chi connectivity index (χ0v) is 11.2. The molecular formula is C14H27N3. The van der Waals surface area contributed by atoms with E-state index in [2.05, 4.69) is 22.0 Å². The van der Waals surface area contributed by atoms with E-state index in [1.165, 1.54) is 71.4 Å². The van der Waals surface area contributed by atoms with Crippen LogP contribution in [0, 0.1) is 0 Å². The molecule has 0 radical (unpaired) electrons. The van der Waals surface area contributed by atoms with Crippen LogP contribution < -0.4 is 5.32 Å². The van der Waals surface area contributed by atoms with Crippen molar-refractivity contribution in [2.45, 2.75) is 50.6 Å². The quantitative estimate of drug-likeness (QED) is 0.798. The Morgan fingerprint density at radius 1 is 1.12 bits per heavy atom. The highest BCUT2D eigenvalue weighted by molar-refractivity contribution is 4.92. The summed E-state index contributed by atoms with van der Waals surface area (Å²) in [5.41, 5.74) is 0.389. The lowest BCUT2D eigenvalue weighted by atomic mass is 9.90. The summed E-state index contributed by atoms with van der Waals surface area (Å²) < 4.78 is 0. The van der Waals surface area contributed by atoms with E-state index < -0.39 is 0 Å². The molecule has 0 aromatic rings. The van der Waals surface area contributed by atoms with Crippen molar-refractivity contribution in [3.8, 4) is 0 Å². The zero-order valence-electron chi connectivity index (χ0n) is 11.2. The molecule has 0 aromatic carbocycles. The van der Waals surface area contributed by atoms with E-state index in [-0.39, 0.29) is 0 Å². The van der Waals surface area contributed by atoms with E-state index in [9.17, 15) is 0 Å². The number of rotatable bonds is 3. The minimum absolute atomic E-state index is 0.389. The first kappa shape index (κ1) is 11.9. The monoisotopic (exact) mass is 237 g/mol. The summed E-state index contributed by atoms with van der Waals surface area (Å²) in [5, 5.41) is 3.73. The number of piperidine rings is 1. The third kappa shape index (κ3) is 3.01. The van der Waals surface area contributed by atoms with Crippen LogP contribution in [0.2, 0.25) is 0 Å². The second-order valence-electron chi connectivity index (χ2n) is 6.49.